The van der Waals surface area contributed by atoms with Crippen molar-refractivity contribution in [2.75, 3.05) is 0 Å². The summed E-state index contributed by atoms with van der Waals surface area (Å²) in [7, 11) is -2.36. The van der Waals surface area contributed by atoms with Crippen LogP contribution in [-0.4, -0.2) is 0 Å². The molecule has 1 aliphatic rings. The minimum absolute atomic E-state index is 0.917. The molecule has 1 unspecified atom stereocenters. The zero-order valence-electron chi connectivity index (χ0n) is 6.60. The average molecular weight is 176 g/mol. The number of rotatable bonds is 1. The van der Waals surface area contributed by atoms with Crippen LogP contribution >= 0.6 is 7.14 Å². The summed E-state index contributed by atoms with van der Waals surface area (Å²) < 4.78 is 12.0. The number of hydrogen-bond donors (Lipinski definition) is 0. The molecule has 1 aromatic carbocycles. The molecular formula is C10H9OP. The molecule has 1 aromatic rings. The molecular weight excluding hydrogens is 167 g/mol. The Morgan fingerprint density at radius 1 is 1.33 bits per heavy atom. The van der Waals surface area contributed by atoms with Crippen molar-refractivity contribution in [3.8, 4) is 0 Å². The SMILES string of the molecule is C=CP1(=O)C=Cc2ccccc21. The number of fused-ring (bicyclic) bond motifs is 1. The predicted molar refractivity (Wildman–Crippen MR) is 52.9 cm³/mol. The van der Waals surface area contributed by atoms with Crippen molar-refractivity contribution in [3.63, 3.8) is 0 Å². The van der Waals surface area contributed by atoms with E-state index in [1.165, 1.54) is 0 Å². The molecule has 0 aliphatic carbocycles. The lowest BCUT2D eigenvalue weighted by Crippen LogP contribution is -2.00. The standard InChI is InChI=1S/C10H9OP/c1-2-12(11)8-7-9-5-3-4-6-10(9)12/h2-8H,1H2. The molecule has 0 amide bonds. The maximum absolute atomic E-state index is 12.0. The molecule has 1 nitrogen and oxygen atoms in total. The lowest BCUT2D eigenvalue weighted by atomic mass is 10.2. The zero-order valence-corrected chi connectivity index (χ0v) is 7.50. The van der Waals surface area contributed by atoms with Crippen molar-refractivity contribution in [1.82, 2.24) is 0 Å². The highest BCUT2D eigenvalue weighted by molar-refractivity contribution is 7.78. The van der Waals surface area contributed by atoms with Gasteiger partial charge in [0.05, 0.1) is 0 Å². The Hall–Kier alpha value is -1.07. The minimum Gasteiger partial charge on any atom is -0.310 e. The van der Waals surface area contributed by atoms with E-state index < -0.39 is 7.14 Å². The van der Waals surface area contributed by atoms with Crippen LogP contribution in [0.2, 0.25) is 0 Å². The first-order valence-electron chi connectivity index (χ1n) is 3.78. The van der Waals surface area contributed by atoms with Crippen LogP contribution in [0.25, 0.3) is 6.08 Å². The van der Waals surface area contributed by atoms with Gasteiger partial charge in [-0.15, -0.1) is 0 Å². The van der Waals surface area contributed by atoms with Crippen LogP contribution < -0.4 is 5.30 Å². The fourth-order valence-electron chi connectivity index (χ4n) is 1.38. The summed E-state index contributed by atoms with van der Waals surface area (Å²) in [5.74, 6) is 3.31. The molecule has 0 fully saturated rings. The van der Waals surface area contributed by atoms with Gasteiger partial charge in [-0.2, -0.15) is 0 Å². The maximum Gasteiger partial charge on any atom is 0.157 e. The monoisotopic (exact) mass is 176 g/mol. The van der Waals surface area contributed by atoms with Crippen molar-refractivity contribution in [1.29, 1.82) is 0 Å². The van der Waals surface area contributed by atoms with E-state index >= 15 is 0 Å². The molecule has 0 saturated carbocycles. The van der Waals surface area contributed by atoms with Gasteiger partial charge in [0, 0.05) is 5.30 Å². The Morgan fingerprint density at radius 3 is 2.83 bits per heavy atom. The van der Waals surface area contributed by atoms with Crippen LogP contribution in [0, 0.1) is 0 Å². The summed E-state index contributed by atoms with van der Waals surface area (Å²) in [6.07, 6.45) is 1.90. The van der Waals surface area contributed by atoms with Crippen molar-refractivity contribution in [3.05, 3.63) is 48.0 Å². The van der Waals surface area contributed by atoms with E-state index in [2.05, 4.69) is 6.58 Å². The third kappa shape index (κ3) is 0.904. The molecule has 0 aromatic heterocycles. The fourth-order valence-corrected chi connectivity index (χ4v) is 3.11. The number of benzene rings is 1. The van der Waals surface area contributed by atoms with Gasteiger partial charge in [0.2, 0.25) is 0 Å². The first kappa shape index (κ1) is 7.57. The van der Waals surface area contributed by atoms with Gasteiger partial charge in [-0.05, 0) is 17.2 Å². The van der Waals surface area contributed by atoms with Crippen molar-refractivity contribution >= 4 is 18.5 Å². The van der Waals surface area contributed by atoms with E-state index in [-0.39, 0.29) is 0 Å². The first-order chi connectivity index (χ1) is 5.76. The van der Waals surface area contributed by atoms with Crippen LogP contribution in [0.5, 0.6) is 0 Å². The number of hydrogen-bond acceptors (Lipinski definition) is 1. The molecule has 0 saturated heterocycles. The highest BCUT2D eigenvalue weighted by Crippen LogP contribution is 2.52. The summed E-state index contributed by atoms with van der Waals surface area (Å²) >= 11 is 0. The van der Waals surface area contributed by atoms with Crippen molar-refractivity contribution in [2.45, 2.75) is 0 Å². The summed E-state index contributed by atoms with van der Waals surface area (Å²) in [6.45, 7) is 3.60. The molecule has 0 bridgehead atoms. The fraction of sp³-hybridized carbons (Fsp3) is 0. The first-order valence-corrected chi connectivity index (χ1v) is 5.63. The smallest absolute Gasteiger partial charge is 0.157 e. The Kier molecular flexibility index (Phi) is 1.55. The van der Waals surface area contributed by atoms with Crippen LogP contribution in [-0.2, 0) is 4.57 Å². The molecule has 2 heteroatoms. The molecule has 1 heterocycles. The second kappa shape index (κ2) is 2.46. The van der Waals surface area contributed by atoms with E-state index in [4.69, 9.17) is 0 Å². The van der Waals surface area contributed by atoms with Gasteiger partial charge in [-0.3, -0.25) is 0 Å². The van der Waals surface area contributed by atoms with Crippen molar-refractivity contribution in [2.24, 2.45) is 0 Å². The van der Waals surface area contributed by atoms with Crippen LogP contribution in [0.15, 0.2) is 42.5 Å². The van der Waals surface area contributed by atoms with Crippen LogP contribution in [0.4, 0.5) is 0 Å². The highest BCUT2D eigenvalue weighted by atomic mass is 31.2. The van der Waals surface area contributed by atoms with E-state index in [0.717, 1.165) is 10.9 Å². The van der Waals surface area contributed by atoms with E-state index in [1.54, 1.807) is 11.6 Å². The van der Waals surface area contributed by atoms with E-state index in [0.29, 0.717) is 0 Å². The minimum atomic E-state index is -2.36. The van der Waals surface area contributed by atoms with Crippen molar-refractivity contribution < 1.29 is 4.57 Å². The lowest BCUT2D eigenvalue weighted by molar-refractivity contribution is 0.592. The Labute approximate surface area is 71.8 Å². The van der Waals surface area contributed by atoms with Gasteiger partial charge in [0.1, 0.15) is 0 Å². The Morgan fingerprint density at radius 2 is 2.08 bits per heavy atom. The largest absolute Gasteiger partial charge is 0.310 e. The molecule has 60 valence electrons. The molecule has 0 spiro atoms. The van der Waals surface area contributed by atoms with Gasteiger partial charge in [0.15, 0.2) is 7.14 Å². The van der Waals surface area contributed by atoms with Gasteiger partial charge < -0.3 is 4.57 Å². The molecule has 0 N–H and O–H groups in total. The van der Waals surface area contributed by atoms with E-state index in [1.807, 2.05) is 30.3 Å². The molecule has 1 aliphatic heterocycles. The van der Waals surface area contributed by atoms with Gasteiger partial charge in [-0.25, -0.2) is 0 Å². The van der Waals surface area contributed by atoms with Gasteiger partial charge in [-0.1, -0.05) is 36.9 Å². The van der Waals surface area contributed by atoms with E-state index in [9.17, 15) is 4.57 Å². The Bertz CT molecular complexity index is 404. The second-order valence-corrected chi connectivity index (χ2v) is 5.33. The summed E-state index contributed by atoms with van der Waals surface area (Å²) in [5.41, 5.74) is 1.06. The summed E-state index contributed by atoms with van der Waals surface area (Å²) in [5, 5.41) is 0.917. The molecule has 12 heavy (non-hydrogen) atoms. The third-order valence-electron chi connectivity index (χ3n) is 2.06. The van der Waals surface area contributed by atoms with Crippen LogP contribution in [0.1, 0.15) is 5.56 Å². The van der Waals surface area contributed by atoms with Crippen LogP contribution in [0.3, 0.4) is 0 Å². The highest BCUT2D eigenvalue weighted by Gasteiger charge is 2.23. The second-order valence-electron chi connectivity index (χ2n) is 2.77. The zero-order chi connectivity index (χ0) is 8.60. The normalized spacial score (nSPS) is 25.3. The summed E-state index contributed by atoms with van der Waals surface area (Å²) in [6, 6.07) is 7.72. The van der Waals surface area contributed by atoms with Gasteiger partial charge >= 0.3 is 0 Å². The molecule has 1 atom stereocenters. The lowest BCUT2D eigenvalue weighted by Gasteiger charge is -2.04. The summed E-state index contributed by atoms with van der Waals surface area (Å²) in [4.78, 5) is 0. The Balaban J connectivity index is 2.71. The third-order valence-corrected chi connectivity index (χ3v) is 4.35. The predicted octanol–water partition coefficient (Wildman–Crippen LogP) is 2.80. The quantitative estimate of drug-likeness (QED) is 0.601. The average Bonchev–Trinajstić information content (AvgIpc) is 2.46. The maximum atomic E-state index is 12.0. The van der Waals surface area contributed by atoms with Gasteiger partial charge in [0.25, 0.3) is 0 Å². The topological polar surface area (TPSA) is 17.1 Å². The molecule has 2 rings (SSSR count). The molecule has 0 radical (unpaired) electrons.